The number of piperidine rings is 1. The molecule has 0 bridgehead atoms. The van der Waals surface area contributed by atoms with Crippen LogP contribution in [0.4, 0.5) is 4.39 Å². The van der Waals surface area contributed by atoms with Gasteiger partial charge in [-0.25, -0.2) is 12.8 Å². The standard InChI is InChI=1S/C13H17Cl2FN2O2S.ClH/c1-8-4-5-18(9(6-8)7-17)21(19,20)11-3-2-10(14)13(16)12(11)15;/h2-3,8-9H,4-7,17H2,1H3;1H. The van der Waals surface area contributed by atoms with Crippen molar-refractivity contribution in [3.05, 3.63) is 28.0 Å². The van der Waals surface area contributed by atoms with Gasteiger partial charge in [0.2, 0.25) is 10.0 Å². The Kier molecular flexibility index (Phi) is 6.92. The van der Waals surface area contributed by atoms with Crippen molar-refractivity contribution < 1.29 is 12.8 Å². The molecular formula is C13H18Cl3FN2O2S. The molecule has 0 saturated carbocycles. The summed E-state index contributed by atoms with van der Waals surface area (Å²) in [4.78, 5) is -0.265. The average Bonchev–Trinajstić information content (AvgIpc) is 2.44. The fraction of sp³-hybridized carbons (Fsp3) is 0.538. The van der Waals surface area contributed by atoms with Gasteiger partial charge in [-0.2, -0.15) is 4.31 Å². The van der Waals surface area contributed by atoms with Gasteiger partial charge < -0.3 is 5.73 Å². The number of hydrogen-bond donors (Lipinski definition) is 1. The van der Waals surface area contributed by atoms with Crippen molar-refractivity contribution in [2.75, 3.05) is 13.1 Å². The minimum atomic E-state index is -3.89. The molecule has 1 aliphatic heterocycles. The van der Waals surface area contributed by atoms with E-state index in [1.54, 1.807) is 0 Å². The molecule has 1 fully saturated rings. The van der Waals surface area contributed by atoms with Crippen molar-refractivity contribution in [3.63, 3.8) is 0 Å². The highest BCUT2D eigenvalue weighted by Crippen LogP contribution is 2.34. The van der Waals surface area contributed by atoms with Crippen molar-refractivity contribution in [1.82, 2.24) is 4.31 Å². The molecule has 2 unspecified atom stereocenters. The second kappa shape index (κ2) is 7.64. The third kappa shape index (κ3) is 3.68. The van der Waals surface area contributed by atoms with Crippen LogP contribution in [0, 0.1) is 11.7 Å². The zero-order chi connectivity index (χ0) is 15.8. The first-order valence-electron chi connectivity index (χ1n) is 6.64. The first-order chi connectivity index (χ1) is 9.78. The molecule has 9 heteroatoms. The smallest absolute Gasteiger partial charge is 0.244 e. The number of rotatable bonds is 3. The molecule has 126 valence electrons. The maximum absolute atomic E-state index is 13.8. The van der Waals surface area contributed by atoms with Gasteiger partial charge in [0.25, 0.3) is 0 Å². The third-order valence-corrected chi connectivity index (χ3v) is 6.55. The van der Waals surface area contributed by atoms with Gasteiger partial charge in [0, 0.05) is 19.1 Å². The molecule has 22 heavy (non-hydrogen) atoms. The van der Waals surface area contributed by atoms with E-state index < -0.39 is 20.9 Å². The maximum atomic E-state index is 13.8. The summed E-state index contributed by atoms with van der Waals surface area (Å²) in [6, 6.07) is 2.13. The molecule has 4 nitrogen and oxygen atoms in total. The number of sulfonamides is 1. The average molecular weight is 392 g/mol. The van der Waals surface area contributed by atoms with Crippen molar-refractivity contribution in [3.8, 4) is 0 Å². The predicted octanol–water partition coefficient (Wildman–Crippen LogP) is 3.30. The van der Waals surface area contributed by atoms with Crippen molar-refractivity contribution in [2.24, 2.45) is 11.7 Å². The van der Waals surface area contributed by atoms with Gasteiger partial charge >= 0.3 is 0 Å². The highest BCUT2D eigenvalue weighted by Gasteiger charge is 2.36. The Morgan fingerprint density at radius 2 is 2.05 bits per heavy atom. The van der Waals surface area contributed by atoms with E-state index in [4.69, 9.17) is 28.9 Å². The zero-order valence-corrected chi connectivity index (χ0v) is 15.1. The van der Waals surface area contributed by atoms with Crippen LogP contribution >= 0.6 is 35.6 Å². The summed E-state index contributed by atoms with van der Waals surface area (Å²) in [6.45, 7) is 2.63. The molecule has 1 heterocycles. The molecule has 0 aromatic heterocycles. The molecule has 0 aliphatic carbocycles. The van der Waals surface area contributed by atoms with E-state index >= 15 is 0 Å². The molecule has 1 aromatic rings. The van der Waals surface area contributed by atoms with E-state index in [1.807, 2.05) is 0 Å². The van der Waals surface area contributed by atoms with E-state index in [0.29, 0.717) is 18.9 Å². The topological polar surface area (TPSA) is 63.4 Å². The van der Waals surface area contributed by atoms with E-state index in [0.717, 1.165) is 6.42 Å². The Balaban J connectivity index is 0.00000242. The highest BCUT2D eigenvalue weighted by atomic mass is 35.5. The first-order valence-corrected chi connectivity index (χ1v) is 8.84. The lowest BCUT2D eigenvalue weighted by atomic mass is 9.94. The van der Waals surface area contributed by atoms with Gasteiger partial charge in [0.05, 0.1) is 10.0 Å². The van der Waals surface area contributed by atoms with Crippen LogP contribution in [-0.2, 0) is 10.0 Å². The van der Waals surface area contributed by atoms with Crippen LogP contribution in [0.2, 0.25) is 10.0 Å². The summed E-state index contributed by atoms with van der Waals surface area (Å²) in [5.41, 5.74) is 5.69. The molecule has 1 aliphatic rings. The van der Waals surface area contributed by atoms with Gasteiger partial charge in [-0.05, 0) is 30.9 Å². The molecule has 2 rings (SSSR count). The van der Waals surface area contributed by atoms with E-state index in [-0.39, 0.29) is 34.9 Å². The van der Waals surface area contributed by atoms with Gasteiger partial charge in [-0.15, -0.1) is 12.4 Å². The number of nitrogens with two attached hydrogens (primary N) is 1. The van der Waals surface area contributed by atoms with Crippen molar-refractivity contribution >= 4 is 45.6 Å². The summed E-state index contributed by atoms with van der Waals surface area (Å²) >= 11 is 11.4. The van der Waals surface area contributed by atoms with Gasteiger partial charge in [0.15, 0.2) is 5.82 Å². The lowest BCUT2D eigenvalue weighted by molar-refractivity contribution is 0.211. The molecule has 1 aromatic carbocycles. The Morgan fingerprint density at radius 1 is 1.41 bits per heavy atom. The summed E-state index contributed by atoms with van der Waals surface area (Å²) < 4.78 is 40.5. The van der Waals surface area contributed by atoms with E-state index in [2.05, 4.69) is 6.92 Å². The predicted molar refractivity (Wildman–Crippen MR) is 88.8 cm³/mol. The molecular weight excluding hydrogens is 374 g/mol. The Labute approximate surface area is 146 Å². The van der Waals surface area contributed by atoms with E-state index in [9.17, 15) is 12.8 Å². The highest BCUT2D eigenvalue weighted by molar-refractivity contribution is 7.89. The minimum absolute atomic E-state index is 0. The van der Waals surface area contributed by atoms with Crippen LogP contribution in [0.1, 0.15) is 19.8 Å². The quantitative estimate of drug-likeness (QED) is 0.804. The molecule has 0 spiro atoms. The summed E-state index contributed by atoms with van der Waals surface area (Å²) in [5.74, 6) is -0.517. The lowest BCUT2D eigenvalue weighted by Gasteiger charge is -2.37. The maximum Gasteiger partial charge on any atom is 0.244 e. The van der Waals surface area contributed by atoms with Gasteiger partial charge in [-0.1, -0.05) is 30.1 Å². The number of nitrogens with zero attached hydrogens (tertiary/aromatic N) is 1. The second-order valence-electron chi connectivity index (χ2n) is 5.31. The molecule has 0 radical (unpaired) electrons. The summed E-state index contributed by atoms with van der Waals surface area (Å²) in [5, 5.41) is -0.682. The number of halogens is 4. The van der Waals surface area contributed by atoms with Crippen molar-refractivity contribution in [1.29, 1.82) is 0 Å². The SMILES string of the molecule is CC1CCN(S(=O)(=O)c2ccc(Cl)c(F)c2Cl)C(CN)C1.Cl. The summed E-state index contributed by atoms with van der Waals surface area (Å²) in [7, 11) is -3.89. The normalized spacial score (nSPS) is 23.1. The summed E-state index contributed by atoms with van der Waals surface area (Å²) in [6.07, 6.45) is 1.42. The Hall–Kier alpha value is -0.110. The van der Waals surface area contributed by atoms with Crippen LogP contribution < -0.4 is 5.73 Å². The minimum Gasteiger partial charge on any atom is -0.329 e. The van der Waals surface area contributed by atoms with Crippen LogP contribution in [0.5, 0.6) is 0 Å². The van der Waals surface area contributed by atoms with Crippen LogP contribution in [0.25, 0.3) is 0 Å². The lowest BCUT2D eigenvalue weighted by Crippen LogP contribution is -2.49. The molecule has 2 N–H and O–H groups in total. The number of hydrogen-bond acceptors (Lipinski definition) is 3. The fourth-order valence-corrected chi connectivity index (χ4v) is 4.98. The Morgan fingerprint density at radius 3 is 2.64 bits per heavy atom. The largest absolute Gasteiger partial charge is 0.329 e. The monoisotopic (exact) mass is 390 g/mol. The van der Waals surface area contributed by atoms with Gasteiger partial charge in [-0.3, -0.25) is 0 Å². The van der Waals surface area contributed by atoms with Crippen LogP contribution in [0.3, 0.4) is 0 Å². The Bertz CT molecular complexity index is 642. The number of benzene rings is 1. The fourth-order valence-electron chi connectivity index (χ4n) is 2.59. The first kappa shape index (κ1) is 19.9. The zero-order valence-electron chi connectivity index (χ0n) is 11.9. The van der Waals surface area contributed by atoms with Gasteiger partial charge in [0.1, 0.15) is 4.90 Å². The molecule has 2 atom stereocenters. The van der Waals surface area contributed by atoms with E-state index in [1.165, 1.54) is 16.4 Å². The molecule has 0 amide bonds. The van der Waals surface area contributed by atoms with Crippen molar-refractivity contribution in [2.45, 2.75) is 30.7 Å². The second-order valence-corrected chi connectivity index (χ2v) is 7.95. The molecule has 1 saturated heterocycles. The van der Waals surface area contributed by atoms with Crippen LogP contribution in [0.15, 0.2) is 17.0 Å². The van der Waals surface area contributed by atoms with Crippen LogP contribution in [-0.4, -0.2) is 31.9 Å². The third-order valence-electron chi connectivity index (χ3n) is 3.78.